The van der Waals surface area contributed by atoms with Crippen molar-refractivity contribution >= 4 is 6.09 Å². The second-order valence-electron chi connectivity index (χ2n) is 2.27. The van der Waals surface area contributed by atoms with Crippen LogP contribution in [0.5, 0.6) is 0 Å². The Kier molecular flexibility index (Phi) is 1.76. The number of hydrogen-bond acceptors (Lipinski definition) is 2. The van der Waals surface area contributed by atoms with E-state index in [9.17, 15) is 9.18 Å². The summed E-state index contributed by atoms with van der Waals surface area (Å²) in [5.41, 5.74) is 0. The van der Waals surface area contributed by atoms with Crippen molar-refractivity contribution in [3.63, 3.8) is 0 Å². The molecular weight excluding hydrogens is 141 g/mol. The average Bonchev–Trinajstić information content (AvgIpc) is 2.13. The van der Waals surface area contributed by atoms with Gasteiger partial charge in [0, 0.05) is 0 Å². The molecule has 0 aliphatic carbocycles. The number of β-amino-alcohol motifs (C(OH)–C–C–N with tert-alkyl or cyclic N) is 1. The van der Waals surface area contributed by atoms with Gasteiger partial charge in [0.05, 0.1) is 13.1 Å². The number of likely N-dealkylation sites (tertiary alicyclic amines) is 1. The summed E-state index contributed by atoms with van der Waals surface area (Å²) < 4.78 is 12.4. The van der Waals surface area contributed by atoms with E-state index in [-0.39, 0.29) is 13.1 Å². The minimum absolute atomic E-state index is 0.115. The lowest BCUT2D eigenvalue weighted by molar-refractivity contribution is 0.114. The molecule has 1 rings (SSSR count). The molecule has 4 nitrogen and oxygen atoms in total. The average molecular weight is 149 g/mol. The van der Waals surface area contributed by atoms with Crippen LogP contribution < -0.4 is 0 Å². The van der Waals surface area contributed by atoms with E-state index in [0.717, 1.165) is 4.90 Å². The monoisotopic (exact) mass is 149 g/mol. The molecule has 0 bridgehead atoms. The molecule has 1 amide bonds. The normalized spacial score (nSPS) is 32.8. The van der Waals surface area contributed by atoms with Gasteiger partial charge < -0.3 is 15.1 Å². The highest BCUT2D eigenvalue weighted by Crippen LogP contribution is 2.12. The Bertz CT molecular complexity index is 142. The lowest BCUT2D eigenvalue weighted by Crippen LogP contribution is -2.27. The first kappa shape index (κ1) is 7.27. The number of carboxylic acid groups (broad SMARTS) is 1. The molecule has 0 aromatic rings. The van der Waals surface area contributed by atoms with Gasteiger partial charge in [0.1, 0.15) is 12.3 Å². The summed E-state index contributed by atoms with van der Waals surface area (Å²) in [6.07, 6.45) is -3.74. The predicted molar refractivity (Wildman–Crippen MR) is 30.5 cm³/mol. The van der Waals surface area contributed by atoms with Gasteiger partial charge in [-0.2, -0.15) is 0 Å². The zero-order chi connectivity index (χ0) is 7.72. The molecule has 1 saturated heterocycles. The van der Waals surface area contributed by atoms with Crippen molar-refractivity contribution in [2.24, 2.45) is 0 Å². The van der Waals surface area contributed by atoms with E-state index in [4.69, 9.17) is 10.2 Å². The smallest absolute Gasteiger partial charge is 0.407 e. The third kappa shape index (κ3) is 1.18. The molecule has 5 heteroatoms. The van der Waals surface area contributed by atoms with Crippen LogP contribution in [-0.4, -0.2) is 46.6 Å². The summed E-state index contributed by atoms with van der Waals surface area (Å²) in [6.45, 7) is -0.326. The number of alkyl halides is 1. The lowest BCUT2D eigenvalue weighted by atomic mass is 10.3. The van der Waals surface area contributed by atoms with Crippen LogP contribution in [0.2, 0.25) is 0 Å². The molecule has 0 aromatic carbocycles. The van der Waals surface area contributed by atoms with E-state index >= 15 is 0 Å². The van der Waals surface area contributed by atoms with Crippen molar-refractivity contribution in [2.45, 2.75) is 12.3 Å². The largest absolute Gasteiger partial charge is 0.465 e. The van der Waals surface area contributed by atoms with Gasteiger partial charge in [-0.3, -0.25) is 0 Å². The van der Waals surface area contributed by atoms with E-state index in [1.807, 2.05) is 0 Å². The molecule has 1 heterocycles. The van der Waals surface area contributed by atoms with E-state index < -0.39 is 18.4 Å². The fourth-order valence-corrected chi connectivity index (χ4v) is 0.903. The molecule has 0 saturated carbocycles. The minimum atomic E-state index is -1.42. The first-order valence-electron chi connectivity index (χ1n) is 2.91. The first-order valence-corrected chi connectivity index (χ1v) is 2.91. The van der Waals surface area contributed by atoms with Crippen molar-refractivity contribution in [1.82, 2.24) is 4.90 Å². The Hall–Kier alpha value is -0.840. The molecule has 1 aliphatic heterocycles. The number of aliphatic hydroxyl groups excluding tert-OH is 1. The van der Waals surface area contributed by atoms with Gasteiger partial charge in [-0.25, -0.2) is 9.18 Å². The van der Waals surface area contributed by atoms with E-state index in [1.165, 1.54) is 0 Å². The van der Waals surface area contributed by atoms with Crippen molar-refractivity contribution in [3.05, 3.63) is 0 Å². The number of aliphatic hydroxyl groups is 1. The highest BCUT2D eigenvalue weighted by molar-refractivity contribution is 5.65. The van der Waals surface area contributed by atoms with E-state index in [0.29, 0.717) is 0 Å². The van der Waals surface area contributed by atoms with Crippen LogP contribution in [0.15, 0.2) is 0 Å². The molecule has 2 N–H and O–H groups in total. The van der Waals surface area contributed by atoms with Gasteiger partial charge >= 0.3 is 6.09 Å². The lowest BCUT2D eigenvalue weighted by Gasteiger charge is -2.07. The second-order valence-corrected chi connectivity index (χ2v) is 2.27. The van der Waals surface area contributed by atoms with Gasteiger partial charge in [-0.1, -0.05) is 0 Å². The van der Waals surface area contributed by atoms with Gasteiger partial charge in [0.2, 0.25) is 0 Å². The van der Waals surface area contributed by atoms with Crippen LogP contribution in [0.4, 0.5) is 9.18 Å². The number of amides is 1. The Labute approximate surface area is 56.9 Å². The topological polar surface area (TPSA) is 60.8 Å². The summed E-state index contributed by atoms with van der Waals surface area (Å²) in [5.74, 6) is 0. The van der Waals surface area contributed by atoms with Gasteiger partial charge in [0.15, 0.2) is 0 Å². The van der Waals surface area contributed by atoms with Crippen molar-refractivity contribution < 1.29 is 19.4 Å². The standard InChI is InChI=1S/C5H8FNO3/c6-3-1-7(5(9)10)2-4(3)8/h3-4,8H,1-2H2,(H,9,10)/t3-,4+/m1/s1. The highest BCUT2D eigenvalue weighted by Gasteiger charge is 2.33. The van der Waals surface area contributed by atoms with Crippen LogP contribution in [0.3, 0.4) is 0 Å². The third-order valence-electron chi connectivity index (χ3n) is 1.49. The SMILES string of the molecule is O=C(O)N1C[C@@H](F)[C@@H](O)C1. The Morgan fingerprint density at radius 3 is 2.40 bits per heavy atom. The Morgan fingerprint density at radius 1 is 1.60 bits per heavy atom. The minimum Gasteiger partial charge on any atom is -0.465 e. The third-order valence-corrected chi connectivity index (χ3v) is 1.49. The van der Waals surface area contributed by atoms with Gasteiger partial charge in [0.25, 0.3) is 0 Å². The fraction of sp³-hybridized carbons (Fsp3) is 0.800. The Morgan fingerprint density at radius 2 is 2.20 bits per heavy atom. The van der Waals surface area contributed by atoms with Crippen molar-refractivity contribution in [3.8, 4) is 0 Å². The summed E-state index contributed by atoms with van der Waals surface area (Å²) in [7, 11) is 0. The summed E-state index contributed by atoms with van der Waals surface area (Å²) in [6, 6.07) is 0. The quantitative estimate of drug-likeness (QED) is 0.496. The zero-order valence-electron chi connectivity index (χ0n) is 5.20. The maximum Gasteiger partial charge on any atom is 0.407 e. The number of rotatable bonds is 0. The van der Waals surface area contributed by atoms with E-state index in [2.05, 4.69) is 0 Å². The second kappa shape index (κ2) is 2.42. The van der Waals surface area contributed by atoms with Gasteiger partial charge in [-0.05, 0) is 0 Å². The first-order chi connectivity index (χ1) is 4.61. The zero-order valence-corrected chi connectivity index (χ0v) is 5.20. The fourth-order valence-electron chi connectivity index (χ4n) is 0.903. The summed E-state index contributed by atoms with van der Waals surface area (Å²) >= 11 is 0. The molecule has 0 unspecified atom stereocenters. The maximum atomic E-state index is 12.4. The van der Waals surface area contributed by atoms with Crippen LogP contribution in [0, 0.1) is 0 Å². The number of halogens is 1. The molecule has 58 valence electrons. The van der Waals surface area contributed by atoms with Crippen molar-refractivity contribution in [2.75, 3.05) is 13.1 Å². The number of nitrogens with zero attached hydrogens (tertiary/aromatic N) is 1. The van der Waals surface area contributed by atoms with Gasteiger partial charge in [-0.15, -0.1) is 0 Å². The number of carbonyl (C=O) groups is 1. The Balaban J connectivity index is 2.49. The predicted octanol–water partition coefficient (Wildman–Crippen LogP) is -0.321. The van der Waals surface area contributed by atoms with Crippen LogP contribution in [0.1, 0.15) is 0 Å². The molecule has 10 heavy (non-hydrogen) atoms. The highest BCUT2D eigenvalue weighted by atomic mass is 19.1. The molecule has 0 radical (unpaired) electrons. The molecule has 0 spiro atoms. The molecule has 1 fully saturated rings. The van der Waals surface area contributed by atoms with Crippen molar-refractivity contribution in [1.29, 1.82) is 0 Å². The number of hydrogen-bond donors (Lipinski definition) is 2. The molecule has 0 aromatic heterocycles. The van der Waals surface area contributed by atoms with Crippen LogP contribution in [0.25, 0.3) is 0 Å². The summed E-state index contributed by atoms with van der Waals surface area (Å²) in [4.78, 5) is 11.0. The molecule has 2 atom stereocenters. The molecular formula is C5H8FNO3. The van der Waals surface area contributed by atoms with Crippen LogP contribution in [-0.2, 0) is 0 Å². The molecule has 1 aliphatic rings. The van der Waals surface area contributed by atoms with E-state index in [1.54, 1.807) is 0 Å². The maximum absolute atomic E-state index is 12.4. The summed E-state index contributed by atoms with van der Waals surface area (Å²) in [5, 5.41) is 17.0. The van der Waals surface area contributed by atoms with Crippen LogP contribution >= 0.6 is 0 Å².